The van der Waals surface area contributed by atoms with Crippen LogP contribution in [0.4, 0.5) is 0 Å². The summed E-state index contributed by atoms with van der Waals surface area (Å²) < 4.78 is 4.97. The van der Waals surface area contributed by atoms with Gasteiger partial charge in [-0.15, -0.1) is 6.58 Å². The molecule has 0 rings (SSSR count). The fourth-order valence-corrected chi connectivity index (χ4v) is 0.678. The summed E-state index contributed by atoms with van der Waals surface area (Å²) in [5.41, 5.74) is 0. The van der Waals surface area contributed by atoms with Gasteiger partial charge in [0, 0.05) is 6.54 Å². The van der Waals surface area contributed by atoms with Crippen molar-refractivity contribution in [2.75, 3.05) is 6.54 Å². The van der Waals surface area contributed by atoms with Gasteiger partial charge in [0.1, 0.15) is 6.04 Å². The summed E-state index contributed by atoms with van der Waals surface area (Å²) in [5.74, 6) is -0.216. The molecule has 0 unspecified atom stereocenters. The van der Waals surface area contributed by atoms with E-state index in [0.717, 1.165) is 0 Å². The predicted octanol–water partition coefficient (Wildman–Crippen LogP) is 1.10. The van der Waals surface area contributed by atoms with E-state index >= 15 is 0 Å². The second-order valence-electron chi connectivity index (χ2n) is 2.90. The second-order valence-corrected chi connectivity index (χ2v) is 2.90. The third kappa shape index (κ3) is 4.91. The van der Waals surface area contributed by atoms with E-state index in [0.29, 0.717) is 6.54 Å². The van der Waals surface area contributed by atoms with Crippen LogP contribution in [0.2, 0.25) is 0 Å². The fourth-order valence-electron chi connectivity index (χ4n) is 0.678. The molecule has 0 fully saturated rings. The van der Waals surface area contributed by atoms with Crippen LogP contribution < -0.4 is 5.32 Å². The molecule has 0 aliphatic carbocycles. The van der Waals surface area contributed by atoms with Gasteiger partial charge in [-0.05, 0) is 20.8 Å². The molecular formula is C9H17NO2. The SMILES string of the molecule is C=CCN[C@@H](C)C(=O)OC(C)C. The Morgan fingerprint density at radius 3 is 2.58 bits per heavy atom. The monoisotopic (exact) mass is 171 g/mol. The number of carbonyl (C=O) groups is 1. The van der Waals surface area contributed by atoms with Crippen molar-refractivity contribution in [2.24, 2.45) is 0 Å². The van der Waals surface area contributed by atoms with Gasteiger partial charge < -0.3 is 10.1 Å². The average molecular weight is 171 g/mol. The average Bonchev–Trinajstić information content (AvgIpc) is 1.98. The maximum Gasteiger partial charge on any atom is 0.323 e. The van der Waals surface area contributed by atoms with Crippen LogP contribution in [0.5, 0.6) is 0 Å². The Balaban J connectivity index is 3.68. The van der Waals surface area contributed by atoms with Crippen molar-refractivity contribution in [1.82, 2.24) is 5.32 Å². The lowest BCUT2D eigenvalue weighted by atomic mass is 10.3. The van der Waals surface area contributed by atoms with Crippen molar-refractivity contribution in [3.05, 3.63) is 12.7 Å². The molecular weight excluding hydrogens is 154 g/mol. The Bertz CT molecular complexity index is 155. The Labute approximate surface area is 73.8 Å². The van der Waals surface area contributed by atoms with E-state index in [1.165, 1.54) is 0 Å². The summed E-state index contributed by atoms with van der Waals surface area (Å²) in [6.45, 7) is 9.59. The zero-order valence-corrected chi connectivity index (χ0v) is 7.96. The first-order chi connectivity index (χ1) is 5.57. The molecule has 12 heavy (non-hydrogen) atoms. The molecule has 0 aromatic heterocycles. The third-order valence-electron chi connectivity index (χ3n) is 1.27. The molecule has 0 spiro atoms. The number of carbonyl (C=O) groups excluding carboxylic acids is 1. The number of rotatable bonds is 5. The first-order valence-electron chi connectivity index (χ1n) is 4.12. The Morgan fingerprint density at radius 2 is 2.17 bits per heavy atom. The molecule has 0 aliphatic heterocycles. The lowest BCUT2D eigenvalue weighted by Crippen LogP contribution is -2.36. The zero-order chi connectivity index (χ0) is 9.56. The van der Waals surface area contributed by atoms with Crippen LogP contribution >= 0.6 is 0 Å². The standard InChI is InChI=1S/C9H17NO2/c1-5-6-10-8(4)9(11)12-7(2)3/h5,7-8,10H,1,6H2,2-4H3/t8-/m0/s1. The van der Waals surface area contributed by atoms with E-state index in [2.05, 4.69) is 11.9 Å². The summed E-state index contributed by atoms with van der Waals surface area (Å²) in [7, 11) is 0. The molecule has 0 aromatic carbocycles. The van der Waals surface area contributed by atoms with Crippen LogP contribution in [-0.4, -0.2) is 24.7 Å². The molecule has 0 bridgehead atoms. The van der Waals surface area contributed by atoms with E-state index < -0.39 is 0 Å². The smallest absolute Gasteiger partial charge is 0.323 e. The second kappa shape index (κ2) is 5.77. The number of hydrogen-bond acceptors (Lipinski definition) is 3. The molecule has 0 saturated heterocycles. The zero-order valence-electron chi connectivity index (χ0n) is 7.96. The topological polar surface area (TPSA) is 38.3 Å². The van der Waals surface area contributed by atoms with Gasteiger partial charge in [-0.1, -0.05) is 6.08 Å². The molecule has 0 aromatic rings. The Morgan fingerprint density at radius 1 is 1.58 bits per heavy atom. The van der Waals surface area contributed by atoms with Gasteiger partial charge in [0.25, 0.3) is 0 Å². The molecule has 3 nitrogen and oxygen atoms in total. The molecule has 0 radical (unpaired) electrons. The van der Waals surface area contributed by atoms with Crippen molar-refractivity contribution >= 4 is 5.97 Å². The first-order valence-corrected chi connectivity index (χ1v) is 4.12. The highest BCUT2D eigenvalue weighted by molar-refractivity contribution is 5.75. The van der Waals surface area contributed by atoms with Crippen molar-refractivity contribution in [2.45, 2.75) is 32.9 Å². The minimum atomic E-state index is -0.259. The van der Waals surface area contributed by atoms with Gasteiger partial charge in [-0.25, -0.2) is 0 Å². The summed E-state index contributed by atoms with van der Waals surface area (Å²) >= 11 is 0. The highest BCUT2D eigenvalue weighted by atomic mass is 16.5. The van der Waals surface area contributed by atoms with Crippen LogP contribution in [0.3, 0.4) is 0 Å². The fraction of sp³-hybridized carbons (Fsp3) is 0.667. The van der Waals surface area contributed by atoms with Crippen LogP contribution in [0.15, 0.2) is 12.7 Å². The highest BCUT2D eigenvalue weighted by Gasteiger charge is 2.13. The van der Waals surface area contributed by atoms with Crippen molar-refractivity contribution in [3.63, 3.8) is 0 Å². The number of ether oxygens (including phenoxy) is 1. The first kappa shape index (κ1) is 11.2. The molecule has 0 saturated carbocycles. The normalized spacial score (nSPS) is 12.7. The summed E-state index contributed by atoms with van der Waals surface area (Å²) in [6, 6.07) is -0.259. The molecule has 0 amide bonds. The van der Waals surface area contributed by atoms with Crippen molar-refractivity contribution < 1.29 is 9.53 Å². The molecule has 0 aliphatic rings. The van der Waals surface area contributed by atoms with Gasteiger partial charge in [-0.3, -0.25) is 4.79 Å². The minimum absolute atomic E-state index is 0.0505. The summed E-state index contributed by atoms with van der Waals surface area (Å²) in [5, 5.41) is 2.94. The Kier molecular flexibility index (Phi) is 5.37. The van der Waals surface area contributed by atoms with Gasteiger partial charge >= 0.3 is 5.97 Å². The van der Waals surface area contributed by atoms with Crippen molar-refractivity contribution in [1.29, 1.82) is 0 Å². The van der Waals surface area contributed by atoms with Gasteiger partial charge in [0.15, 0.2) is 0 Å². The van der Waals surface area contributed by atoms with Crippen LogP contribution in [-0.2, 0) is 9.53 Å². The van der Waals surface area contributed by atoms with E-state index in [9.17, 15) is 4.79 Å². The lowest BCUT2D eigenvalue weighted by Gasteiger charge is -2.13. The maximum absolute atomic E-state index is 11.1. The largest absolute Gasteiger partial charge is 0.462 e. The van der Waals surface area contributed by atoms with E-state index in [-0.39, 0.29) is 18.1 Å². The number of esters is 1. The van der Waals surface area contributed by atoms with Crippen LogP contribution in [0, 0.1) is 0 Å². The maximum atomic E-state index is 11.1. The van der Waals surface area contributed by atoms with Crippen LogP contribution in [0.1, 0.15) is 20.8 Å². The summed E-state index contributed by atoms with van der Waals surface area (Å²) in [4.78, 5) is 11.1. The van der Waals surface area contributed by atoms with E-state index in [1.54, 1.807) is 13.0 Å². The summed E-state index contributed by atoms with van der Waals surface area (Å²) in [6.07, 6.45) is 1.66. The molecule has 1 atom stereocenters. The highest BCUT2D eigenvalue weighted by Crippen LogP contribution is 1.93. The third-order valence-corrected chi connectivity index (χ3v) is 1.27. The number of nitrogens with one attached hydrogen (secondary N) is 1. The lowest BCUT2D eigenvalue weighted by molar-refractivity contribution is -0.149. The molecule has 0 heterocycles. The van der Waals surface area contributed by atoms with Gasteiger partial charge in [0.05, 0.1) is 6.10 Å². The quantitative estimate of drug-likeness (QED) is 0.497. The molecule has 70 valence electrons. The van der Waals surface area contributed by atoms with Gasteiger partial charge in [-0.2, -0.15) is 0 Å². The van der Waals surface area contributed by atoms with Crippen molar-refractivity contribution in [3.8, 4) is 0 Å². The van der Waals surface area contributed by atoms with E-state index in [4.69, 9.17) is 4.74 Å². The Hall–Kier alpha value is -0.830. The minimum Gasteiger partial charge on any atom is -0.462 e. The molecule has 1 N–H and O–H groups in total. The predicted molar refractivity (Wildman–Crippen MR) is 48.9 cm³/mol. The van der Waals surface area contributed by atoms with Crippen LogP contribution in [0.25, 0.3) is 0 Å². The number of hydrogen-bond donors (Lipinski definition) is 1. The van der Waals surface area contributed by atoms with E-state index in [1.807, 2.05) is 13.8 Å². The molecule has 3 heteroatoms. The van der Waals surface area contributed by atoms with Gasteiger partial charge in [0.2, 0.25) is 0 Å².